The molecule has 2 nitrogen and oxygen atoms in total. The van der Waals surface area contributed by atoms with Gasteiger partial charge in [0.2, 0.25) is 0 Å². The quantitative estimate of drug-likeness (QED) is 0.711. The van der Waals surface area contributed by atoms with Gasteiger partial charge >= 0.3 is 0 Å². The summed E-state index contributed by atoms with van der Waals surface area (Å²) < 4.78 is 26.6. The standard InChI is InChI=1S/C15H10F2N2S.ClH/c16-10-6-7-12(13(17)8-10)14-9-20-15(19-14)18-11-4-2-1-3-5-11;/h1-9H,(H,18,19);1H. The van der Waals surface area contributed by atoms with Crippen molar-refractivity contribution in [1.82, 2.24) is 4.98 Å². The second-order valence-electron chi connectivity index (χ2n) is 4.15. The summed E-state index contributed by atoms with van der Waals surface area (Å²) >= 11 is 1.37. The molecule has 0 aliphatic rings. The molecule has 1 heterocycles. The molecule has 2 aromatic carbocycles. The maximum Gasteiger partial charge on any atom is 0.187 e. The fourth-order valence-corrected chi connectivity index (χ4v) is 2.53. The third kappa shape index (κ3) is 3.56. The first-order valence-corrected chi connectivity index (χ1v) is 6.83. The molecule has 1 aromatic heterocycles. The Hall–Kier alpha value is -1.98. The number of aromatic nitrogens is 1. The normalized spacial score (nSPS) is 10.0. The van der Waals surface area contributed by atoms with Crippen molar-refractivity contribution in [3.63, 3.8) is 0 Å². The number of halogens is 3. The Labute approximate surface area is 130 Å². The van der Waals surface area contributed by atoms with Crippen molar-refractivity contribution < 1.29 is 8.78 Å². The number of hydrogen-bond acceptors (Lipinski definition) is 3. The number of nitrogens with zero attached hydrogens (tertiary/aromatic N) is 1. The van der Waals surface area contributed by atoms with E-state index < -0.39 is 11.6 Å². The number of para-hydroxylation sites is 1. The molecule has 0 saturated heterocycles. The van der Waals surface area contributed by atoms with Crippen LogP contribution < -0.4 is 5.32 Å². The van der Waals surface area contributed by atoms with Crippen LogP contribution in [0.15, 0.2) is 53.9 Å². The van der Waals surface area contributed by atoms with Crippen LogP contribution in [-0.4, -0.2) is 4.98 Å². The van der Waals surface area contributed by atoms with Gasteiger partial charge in [-0.1, -0.05) is 18.2 Å². The maximum absolute atomic E-state index is 13.7. The molecule has 0 amide bonds. The van der Waals surface area contributed by atoms with Crippen molar-refractivity contribution >= 4 is 34.6 Å². The van der Waals surface area contributed by atoms with Crippen molar-refractivity contribution in [2.75, 3.05) is 5.32 Å². The van der Waals surface area contributed by atoms with E-state index in [9.17, 15) is 8.78 Å². The summed E-state index contributed by atoms with van der Waals surface area (Å²) in [6.45, 7) is 0. The smallest absolute Gasteiger partial charge is 0.187 e. The third-order valence-corrected chi connectivity index (χ3v) is 3.49. The summed E-state index contributed by atoms with van der Waals surface area (Å²) in [6, 6.07) is 13.1. The van der Waals surface area contributed by atoms with Crippen LogP contribution in [-0.2, 0) is 0 Å². The van der Waals surface area contributed by atoms with Crippen LogP contribution >= 0.6 is 23.7 Å². The summed E-state index contributed by atoms with van der Waals surface area (Å²) in [5.41, 5.74) is 1.70. The predicted molar refractivity (Wildman–Crippen MR) is 84.4 cm³/mol. The molecule has 6 heteroatoms. The van der Waals surface area contributed by atoms with E-state index in [-0.39, 0.29) is 12.4 Å². The average molecular weight is 325 g/mol. The molecule has 0 bridgehead atoms. The lowest BCUT2D eigenvalue weighted by molar-refractivity contribution is 0.585. The molecule has 0 radical (unpaired) electrons. The molecular formula is C15H11ClF2N2S. The van der Waals surface area contributed by atoms with Gasteiger partial charge in [-0.25, -0.2) is 13.8 Å². The van der Waals surface area contributed by atoms with Gasteiger partial charge in [-0.2, -0.15) is 0 Å². The molecular weight excluding hydrogens is 314 g/mol. The summed E-state index contributed by atoms with van der Waals surface area (Å²) in [4.78, 5) is 4.31. The number of nitrogens with one attached hydrogen (secondary N) is 1. The molecule has 3 rings (SSSR count). The molecule has 0 saturated carbocycles. The zero-order chi connectivity index (χ0) is 13.9. The van der Waals surface area contributed by atoms with Gasteiger partial charge in [-0.3, -0.25) is 0 Å². The Balaban J connectivity index is 0.00000161. The second-order valence-corrected chi connectivity index (χ2v) is 5.01. The molecule has 3 aromatic rings. The van der Waals surface area contributed by atoms with E-state index >= 15 is 0 Å². The fraction of sp³-hybridized carbons (Fsp3) is 0. The summed E-state index contributed by atoms with van der Waals surface area (Å²) in [7, 11) is 0. The van der Waals surface area contributed by atoms with E-state index in [0.717, 1.165) is 11.8 Å². The number of hydrogen-bond donors (Lipinski definition) is 1. The van der Waals surface area contributed by atoms with Gasteiger partial charge in [0.1, 0.15) is 11.6 Å². The van der Waals surface area contributed by atoms with Crippen LogP contribution in [0.25, 0.3) is 11.3 Å². The SMILES string of the molecule is Cl.Fc1ccc(-c2csc(Nc3ccccc3)n2)c(F)c1. The highest BCUT2D eigenvalue weighted by Crippen LogP contribution is 2.28. The average Bonchev–Trinajstić information content (AvgIpc) is 2.88. The molecule has 108 valence electrons. The highest BCUT2D eigenvalue weighted by atomic mass is 35.5. The van der Waals surface area contributed by atoms with Gasteiger partial charge in [0.05, 0.1) is 5.69 Å². The van der Waals surface area contributed by atoms with E-state index in [4.69, 9.17) is 0 Å². The Bertz CT molecular complexity index is 732. The van der Waals surface area contributed by atoms with Crippen LogP contribution in [0.1, 0.15) is 0 Å². The van der Waals surface area contributed by atoms with E-state index in [1.807, 2.05) is 30.3 Å². The van der Waals surface area contributed by atoms with Crippen molar-refractivity contribution in [1.29, 1.82) is 0 Å². The van der Waals surface area contributed by atoms with Crippen molar-refractivity contribution in [3.05, 3.63) is 65.5 Å². The Morgan fingerprint density at radius 1 is 1.00 bits per heavy atom. The minimum absolute atomic E-state index is 0. The highest BCUT2D eigenvalue weighted by Gasteiger charge is 2.10. The molecule has 21 heavy (non-hydrogen) atoms. The van der Waals surface area contributed by atoms with E-state index in [2.05, 4.69) is 10.3 Å². The molecule has 0 aliphatic heterocycles. The molecule has 0 spiro atoms. The largest absolute Gasteiger partial charge is 0.332 e. The number of benzene rings is 2. The van der Waals surface area contributed by atoms with Crippen LogP contribution in [0.3, 0.4) is 0 Å². The lowest BCUT2D eigenvalue weighted by Crippen LogP contribution is -1.90. The highest BCUT2D eigenvalue weighted by molar-refractivity contribution is 7.14. The lowest BCUT2D eigenvalue weighted by atomic mass is 10.1. The monoisotopic (exact) mass is 324 g/mol. The summed E-state index contributed by atoms with van der Waals surface area (Å²) in [6.07, 6.45) is 0. The Morgan fingerprint density at radius 2 is 1.76 bits per heavy atom. The molecule has 0 fully saturated rings. The number of rotatable bonds is 3. The fourth-order valence-electron chi connectivity index (χ4n) is 1.80. The van der Waals surface area contributed by atoms with E-state index in [0.29, 0.717) is 16.4 Å². The van der Waals surface area contributed by atoms with Crippen LogP contribution in [0.5, 0.6) is 0 Å². The topological polar surface area (TPSA) is 24.9 Å². The summed E-state index contributed by atoms with van der Waals surface area (Å²) in [5.74, 6) is -1.20. The van der Waals surface area contributed by atoms with E-state index in [1.165, 1.54) is 23.5 Å². The summed E-state index contributed by atoms with van der Waals surface area (Å²) in [5, 5.41) is 5.54. The first kappa shape index (κ1) is 15.4. The Kier molecular flexibility index (Phi) is 4.88. The second kappa shape index (κ2) is 6.65. The van der Waals surface area contributed by atoms with Crippen LogP contribution in [0.4, 0.5) is 19.6 Å². The van der Waals surface area contributed by atoms with Gasteiger partial charge in [-0.05, 0) is 24.3 Å². The van der Waals surface area contributed by atoms with Crippen molar-refractivity contribution in [3.8, 4) is 11.3 Å². The molecule has 0 atom stereocenters. The van der Waals surface area contributed by atoms with Gasteiger partial charge in [-0.15, -0.1) is 23.7 Å². The van der Waals surface area contributed by atoms with E-state index in [1.54, 1.807) is 5.38 Å². The molecule has 1 N–H and O–H groups in total. The molecule has 0 aliphatic carbocycles. The first-order valence-electron chi connectivity index (χ1n) is 5.95. The van der Waals surface area contributed by atoms with Gasteiger partial charge in [0.15, 0.2) is 5.13 Å². The minimum Gasteiger partial charge on any atom is -0.332 e. The molecule has 0 unspecified atom stereocenters. The predicted octanol–water partition coefficient (Wildman–Crippen LogP) is 5.25. The van der Waals surface area contributed by atoms with Crippen LogP contribution in [0.2, 0.25) is 0 Å². The van der Waals surface area contributed by atoms with Gasteiger partial charge < -0.3 is 5.32 Å². The zero-order valence-electron chi connectivity index (χ0n) is 10.7. The zero-order valence-corrected chi connectivity index (χ0v) is 12.3. The van der Waals surface area contributed by atoms with Gasteiger partial charge in [0.25, 0.3) is 0 Å². The number of anilines is 2. The number of thiazole rings is 1. The van der Waals surface area contributed by atoms with Crippen molar-refractivity contribution in [2.24, 2.45) is 0 Å². The Morgan fingerprint density at radius 3 is 2.48 bits per heavy atom. The third-order valence-electron chi connectivity index (χ3n) is 2.74. The lowest BCUT2D eigenvalue weighted by Gasteiger charge is -2.01. The van der Waals surface area contributed by atoms with Crippen LogP contribution in [0, 0.1) is 11.6 Å². The minimum atomic E-state index is -0.610. The first-order chi connectivity index (χ1) is 9.72. The maximum atomic E-state index is 13.7. The van der Waals surface area contributed by atoms with Gasteiger partial charge in [0, 0.05) is 22.7 Å². The van der Waals surface area contributed by atoms with Crippen molar-refractivity contribution in [2.45, 2.75) is 0 Å².